The molecule has 156 valence electrons. The van der Waals surface area contributed by atoms with E-state index < -0.39 is 0 Å². The number of halogens is 1. The van der Waals surface area contributed by atoms with E-state index in [1.807, 2.05) is 30.3 Å². The quantitative estimate of drug-likeness (QED) is 0.816. The van der Waals surface area contributed by atoms with E-state index in [0.29, 0.717) is 28.5 Å². The Labute approximate surface area is 180 Å². The van der Waals surface area contributed by atoms with Crippen LogP contribution in [0.5, 0.6) is 0 Å². The number of para-hydroxylation sites is 1. The van der Waals surface area contributed by atoms with Gasteiger partial charge in [-0.15, -0.1) is 0 Å². The minimum absolute atomic E-state index is 0.126. The van der Waals surface area contributed by atoms with Crippen LogP contribution in [-0.4, -0.2) is 55.7 Å². The molecule has 30 heavy (non-hydrogen) atoms. The van der Waals surface area contributed by atoms with E-state index in [0.717, 1.165) is 31.9 Å². The number of nitrogens with zero attached hydrogens (tertiary/aromatic N) is 4. The molecule has 0 radical (unpaired) electrons. The minimum atomic E-state index is -0.318. The lowest BCUT2D eigenvalue weighted by molar-refractivity contribution is -0.118. The summed E-state index contributed by atoms with van der Waals surface area (Å²) in [4.78, 5) is 29.8. The van der Waals surface area contributed by atoms with Gasteiger partial charge in [0.15, 0.2) is 0 Å². The Morgan fingerprint density at radius 3 is 2.50 bits per heavy atom. The van der Waals surface area contributed by atoms with Crippen molar-refractivity contribution in [3.8, 4) is 0 Å². The van der Waals surface area contributed by atoms with Crippen LogP contribution in [0.1, 0.15) is 12.8 Å². The normalized spacial score (nSPS) is 17.7. The summed E-state index contributed by atoms with van der Waals surface area (Å²) in [5.41, 5.74) is 2.56. The van der Waals surface area contributed by atoms with Gasteiger partial charge in [0.25, 0.3) is 5.91 Å². The summed E-state index contributed by atoms with van der Waals surface area (Å²) < 4.78 is 0. The maximum absolute atomic E-state index is 13.0. The molecule has 4 rings (SSSR count). The molecule has 8 heteroatoms. The SMILES string of the molecule is CN1CCN(c2ccc(Cl)cc2NC(=O)C2=NN(c3ccccc3)C(=O)CC2)CC1. The zero-order valence-corrected chi connectivity index (χ0v) is 17.6. The minimum Gasteiger partial charge on any atom is -0.367 e. The number of carbonyl (C=O) groups excluding carboxylic acids is 2. The molecule has 0 aliphatic carbocycles. The summed E-state index contributed by atoms with van der Waals surface area (Å²) in [6, 6.07) is 14.7. The van der Waals surface area contributed by atoms with Crippen molar-refractivity contribution in [2.75, 3.05) is 48.5 Å². The Hall–Kier alpha value is -2.90. The third-order valence-corrected chi connectivity index (χ3v) is 5.58. The Kier molecular flexibility index (Phi) is 6.01. The Balaban J connectivity index is 1.56. The predicted octanol–water partition coefficient (Wildman–Crippen LogP) is 3.21. The molecule has 2 aliphatic heterocycles. The summed E-state index contributed by atoms with van der Waals surface area (Å²) in [5, 5.41) is 9.16. The maximum Gasteiger partial charge on any atom is 0.271 e. The van der Waals surface area contributed by atoms with Crippen molar-refractivity contribution in [1.82, 2.24) is 4.90 Å². The van der Waals surface area contributed by atoms with Crippen molar-refractivity contribution < 1.29 is 9.59 Å². The molecule has 1 fully saturated rings. The molecule has 0 unspecified atom stereocenters. The van der Waals surface area contributed by atoms with Crippen molar-refractivity contribution >= 4 is 46.2 Å². The largest absolute Gasteiger partial charge is 0.367 e. The van der Waals surface area contributed by atoms with Gasteiger partial charge >= 0.3 is 0 Å². The van der Waals surface area contributed by atoms with Crippen LogP contribution in [0.3, 0.4) is 0 Å². The Morgan fingerprint density at radius 2 is 1.77 bits per heavy atom. The van der Waals surface area contributed by atoms with Crippen molar-refractivity contribution in [2.45, 2.75) is 12.8 Å². The average Bonchev–Trinajstić information content (AvgIpc) is 2.75. The monoisotopic (exact) mass is 425 g/mol. The lowest BCUT2D eigenvalue weighted by Crippen LogP contribution is -2.44. The summed E-state index contributed by atoms with van der Waals surface area (Å²) in [6.07, 6.45) is 0.542. The first-order chi connectivity index (χ1) is 14.5. The molecule has 2 heterocycles. The molecule has 0 atom stereocenters. The lowest BCUT2D eigenvalue weighted by Gasteiger charge is -2.35. The second kappa shape index (κ2) is 8.85. The number of likely N-dealkylation sites (N-methyl/N-ethyl adjacent to an activating group) is 1. The first-order valence-electron chi connectivity index (χ1n) is 10.0. The van der Waals surface area contributed by atoms with Crippen LogP contribution in [0, 0.1) is 0 Å². The molecule has 1 N–H and O–H groups in total. The van der Waals surface area contributed by atoms with E-state index in [2.05, 4.69) is 27.3 Å². The van der Waals surface area contributed by atoms with Gasteiger partial charge in [-0.25, -0.2) is 5.01 Å². The van der Waals surface area contributed by atoms with Gasteiger partial charge in [0.05, 0.1) is 17.1 Å². The number of carbonyl (C=O) groups is 2. The highest BCUT2D eigenvalue weighted by Gasteiger charge is 2.26. The number of amides is 2. The summed E-state index contributed by atoms with van der Waals surface area (Å²) in [7, 11) is 2.10. The van der Waals surface area contributed by atoms with Crippen LogP contribution < -0.4 is 15.2 Å². The molecule has 2 aromatic rings. The first-order valence-corrected chi connectivity index (χ1v) is 10.4. The molecular formula is C22H24ClN5O2. The van der Waals surface area contributed by atoms with Gasteiger partial charge in [0, 0.05) is 44.0 Å². The fourth-order valence-electron chi connectivity index (χ4n) is 3.61. The molecule has 7 nitrogen and oxygen atoms in total. The molecule has 2 aromatic carbocycles. The van der Waals surface area contributed by atoms with Crippen LogP contribution in [0.25, 0.3) is 0 Å². The van der Waals surface area contributed by atoms with Crippen LogP contribution in [0.2, 0.25) is 5.02 Å². The average molecular weight is 426 g/mol. The van der Waals surface area contributed by atoms with Gasteiger partial charge in [0.1, 0.15) is 5.71 Å². The van der Waals surface area contributed by atoms with Crippen LogP contribution in [0.15, 0.2) is 53.6 Å². The van der Waals surface area contributed by atoms with E-state index >= 15 is 0 Å². The summed E-state index contributed by atoms with van der Waals surface area (Å²) in [6.45, 7) is 3.66. The zero-order chi connectivity index (χ0) is 21.1. The van der Waals surface area contributed by atoms with E-state index in [1.54, 1.807) is 18.2 Å². The second-order valence-electron chi connectivity index (χ2n) is 7.49. The molecular weight excluding hydrogens is 402 g/mol. The number of benzene rings is 2. The Bertz CT molecular complexity index is 971. The number of hydrogen-bond donors (Lipinski definition) is 1. The zero-order valence-electron chi connectivity index (χ0n) is 16.8. The van der Waals surface area contributed by atoms with Gasteiger partial charge in [-0.2, -0.15) is 5.10 Å². The highest BCUT2D eigenvalue weighted by molar-refractivity contribution is 6.44. The van der Waals surface area contributed by atoms with Crippen LogP contribution >= 0.6 is 11.6 Å². The summed E-state index contributed by atoms with van der Waals surface area (Å²) >= 11 is 6.21. The number of rotatable bonds is 4. The highest BCUT2D eigenvalue weighted by atomic mass is 35.5. The van der Waals surface area contributed by atoms with Crippen molar-refractivity contribution in [2.24, 2.45) is 5.10 Å². The molecule has 0 saturated carbocycles. The number of hydrogen-bond acceptors (Lipinski definition) is 5. The fraction of sp³-hybridized carbons (Fsp3) is 0.318. The van der Waals surface area contributed by atoms with E-state index in [1.165, 1.54) is 5.01 Å². The van der Waals surface area contributed by atoms with Gasteiger partial charge in [0.2, 0.25) is 5.91 Å². The molecule has 0 bridgehead atoms. The third kappa shape index (κ3) is 4.47. The van der Waals surface area contributed by atoms with E-state index in [9.17, 15) is 9.59 Å². The molecule has 0 spiro atoms. The summed E-state index contributed by atoms with van der Waals surface area (Å²) in [5.74, 6) is -0.445. The van der Waals surface area contributed by atoms with Crippen LogP contribution in [0.4, 0.5) is 17.1 Å². The van der Waals surface area contributed by atoms with Gasteiger partial charge < -0.3 is 15.1 Å². The second-order valence-corrected chi connectivity index (χ2v) is 7.93. The van der Waals surface area contributed by atoms with Gasteiger partial charge in [-0.1, -0.05) is 29.8 Å². The van der Waals surface area contributed by atoms with Gasteiger partial charge in [-0.3, -0.25) is 9.59 Å². The fourth-order valence-corrected chi connectivity index (χ4v) is 3.79. The molecule has 0 aromatic heterocycles. The van der Waals surface area contributed by atoms with Crippen molar-refractivity contribution in [3.63, 3.8) is 0 Å². The topological polar surface area (TPSA) is 68.2 Å². The van der Waals surface area contributed by atoms with E-state index in [-0.39, 0.29) is 18.2 Å². The molecule has 1 saturated heterocycles. The van der Waals surface area contributed by atoms with Crippen molar-refractivity contribution in [1.29, 1.82) is 0 Å². The van der Waals surface area contributed by atoms with Gasteiger partial charge in [-0.05, 0) is 37.4 Å². The standard InChI is InChI=1S/C22H24ClN5O2/c1-26-11-13-27(14-12-26)20-9-7-16(23)15-19(20)24-22(30)18-8-10-21(29)28(25-18)17-5-3-2-4-6-17/h2-7,9,15H,8,10-14H2,1H3,(H,24,30). The third-order valence-electron chi connectivity index (χ3n) is 5.35. The number of hydrazone groups is 1. The molecule has 2 amide bonds. The van der Waals surface area contributed by atoms with E-state index in [4.69, 9.17) is 11.6 Å². The predicted molar refractivity (Wildman–Crippen MR) is 120 cm³/mol. The maximum atomic E-state index is 13.0. The van der Waals surface area contributed by atoms with Crippen LogP contribution in [-0.2, 0) is 9.59 Å². The number of anilines is 3. The highest BCUT2D eigenvalue weighted by Crippen LogP contribution is 2.30. The smallest absolute Gasteiger partial charge is 0.271 e. The Morgan fingerprint density at radius 1 is 1.03 bits per heavy atom. The lowest BCUT2D eigenvalue weighted by atomic mass is 10.1. The van der Waals surface area contributed by atoms with Crippen molar-refractivity contribution in [3.05, 3.63) is 53.6 Å². The number of nitrogens with one attached hydrogen (secondary N) is 1. The number of piperazine rings is 1. The molecule has 2 aliphatic rings. The first kappa shape index (κ1) is 20.4.